The van der Waals surface area contributed by atoms with Crippen molar-refractivity contribution in [1.29, 1.82) is 0 Å². The monoisotopic (exact) mass is 1390 g/mol. The molecular formula is C50H88N16O22S4. The number of aliphatic hydroxyl groups excluding tert-OH is 2. The third-order valence-corrected chi connectivity index (χ3v) is 24.3. The van der Waals surface area contributed by atoms with E-state index in [-0.39, 0.29) is 89.1 Å². The van der Waals surface area contributed by atoms with E-state index in [1.54, 1.807) is 14.1 Å². The quantitative estimate of drug-likeness (QED) is 0.0141. The second kappa shape index (κ2) is 32.4. The Hall–Kier alpha value is -3.20. The second-order valence-electron chi connectivity index (χ2n) is 25.8. The van der Waals surface area contributed by atoms with Crippen LogP contribution in [0.5, 0.6) is 0 Å². The fourth-order valence-corrected chi connectivity index (χ4v) is 19.2. The lowest BCUT2D eigenvalue weighted by Crippen LogP contribution is -2.79. The number of nitrogens with one attached hydrogen (secondary N) is 12. The maximum atomic E-state index is 12.9. The average molecular weight is 1390 g/mol. The number of hydrogen-bond acceptors (Lipinski definition) is 34. The van der Waals surface area contributed by atoms with Crippen molar-refractivity contribution in [3.8, 4) is 0 Å². The van der Waals surface area contributed by atoms with Crippen LogP contribution < -0.4 is 63.8 Å². The van der Waals surface area contributed by atoms with Gasteiger partial charge in [0.1, 0.15) is 49.8 Å². The summed E-state index contributed by atoms with van der Waals surface area (Å²) in [7, 11) is -5.76. The zero-order chi connectivity index (χ0) is 66.3. The van der Waals surface area contributed by atoms with E-state index in [4.69, 9.17) is 19.2 Å². The van der Waals surface area contributed by atoms with E-state index in [0.29, 0.717) is 49.8 Å². The van der Waals surface area contributed by atoms with Crippen LogP contribution in [0.15, 0.2) is 20.5 Å². The van der Waals surface area contributed by atoms with Gasteiger partial charge in [-0.15, -0.1) is 8.67 Å². The van der Waals surface area contributed by atoms with Crippen molar-refractivity contribution in [2.24, 2.45) is 67.8 Å². The standard InChI is InChI=1S/C50H88N16O22S4/c1-51-45-57-47(61-49(59-45)55-31-17-29(91(79,80)81)13-19-15-33(89-87-85-77)37(39(67)35(19)31)65-63-27-9-21(41(69)70)7-22(10-27)42(71)72)53-25-3-5-26(6-4-25)54-48-58-46(52-2)60-50(62-48)56-32-18-30(92(82,83)84)14-20-16-34(90-88-86-78)38(40(68)36(20)32)66-64-28-11-23(43(73)74)8-24(12-28)44(75)76/h19-40,45-62,67-68,77-78H,3-18H2,1-2H3,(H,69,70)(H,71,72)(H,73,74)(H,75,76)(H,79,80,81)(H,82,83,84). The number of azo groups is 2. The maximum Gasteiger partial charge on any atom is 0.306 e. The highest BCUT2D eigenvalue weighted by Gasteiger charge is 2.56. The molecule has 22 N–H and O–H groups in total. The Morgan fingerprint density at radius 3 is 1.05 bits per heavy atom. The van der Waals surface area contributed by atoms with Gasteiger partial charge in [-0.25, -0.2) is 10.5 Å². The molecule has 0 spiro atoms. The van der Waals surface area contributed by atoms with Gasteiger partial charge in [-0.2, -0.15) is 37.3 Å². The maximum absolute atomic E-state index is 12.9. The predicted molar refractivity (Wildman–Crippen MR) is 320 cm³/mol. The summed E-state index contributed by atoms with van der Waals surface area (Å²) in [6.07, 6.45) is -3.66. The second-order valence-corrected chi connectivity index (χ2v) is 31.1. The smallest absolute Gasteiger partial charge is 0.306 e. The van der Waals surface area contributed by atoms with Crippen molar-refractivity contribution < 1.29 is 105 Å². The fraction of sp³-hybridized carbons (Fsp3) is 0.920. The Labute approximate surface area is 538 Å². The van der Waals surface area contributed by atoms with Gasteiger partial charge in [-0.1, -0.05) is 10.1 Å². The number of hydrogen-bond donors (Lipinski definition) is 22. The number of fused-ring (bicyclic) bond motifs is 2. The molecule has 24 unspecified atom stereocenters. The molecule has 9 fully saturated rings. The molecule has 24 atom stereocenters. The molecular weight excluding hydrogens is 1300 g/mol. The Morgan fingerprint density at radius 2 is 0.761 bits per heavy atom. The lowest BCUT2D eigenvalue weighted by molar-refractivity contribution is -0.432. The van der Waals surface area contributed by atoms with Crippen LogP contribution in [-0.2, 0) is 58.2 Å². The molecule has 2 heterocycles. The molecule has 0 aromatic carbocycles. The molecule has 524 valence electrons. The molecule has 0 aromatic heterocycles. The number of aliphatic hydroxyl groups is 2. The third kappa shape index (κ3) is 18.7. The number of carbonyl (C=O) groups is 4. The first-order valence-corrected chi connectivity index (χ1v) is 35.6. The summed E-state index contributed by atoms with van der Waals surface area (Å²) in [6.45, 7) is 0. The van der Waals surface area contributed by atoms with Crippen molar-refractivity contribution in [2.45, 2.75) is 222 Å². The van der Waals surface area contributed by atoms with Crippen molar-refractivity contribution >= 4 is 68.2 Å². The number of aliphatic carboxylic acids is 4. The van der Waals surface area contributed by atoms with E-state index in [9.17, 15) is 75.8 Å². The van der Waals surface area contributed by atoms with Gasteiger partial charge in [-0.05, 0) is 129 Å². The van der Waals surface area contributed by atoms with E-state index < -0.39 is 199 Å². The van der Waals surface area contributed by atoms with Crippen LogP contribution in [0.3, 0.4) is 0 Å². The summed E-state index contributed by atoms with van der Waals surface area (Å²) >= 11 is 1.23. The number of carboxylic acid groups (broad SMARTS) is 4. The molecule has 2 aliphatic heterocycles. The number of nitrogens with zero attached hydrogens (tertiary/aromatic N) is 4. The molecule has 38 nitrogen and oxygen atoms in total. The highest BCUT2D eigenvalue weighted by molar-refractivity contribution is 7.95. The lowest BCUT2D eigenvalue weighted by Gasteiger charge is -2.51. The largest absolute Gasteiger partial charge is 0.481 e. The normalized spacial score (nSPS) is 43.2. The van der Waals surface area contributed by atoms with Crippen molar-refractivity contribution in [1.82, 2.24) is 63.8 Å². The highest BCUT2D eigenvalue weighted by Crippen LogP contribution is 2.49. The van der Waals surface area contributed by atoms with Crippen LogP contribution in [-0.4, -0.2) is 224 Å². The summed E-state index contributed by atoms with van der Waals surface area (Å²) in [4.78, 5) is 48.0. The average Bonchev–Trinajstić information content (AvgIpc) is 0.767. The van der Waals surface area contributed by atoms with Gasteiger partial charge in [0.25, 0.3) is 20.2 Å². The van der Waals surface area contributed by atoms with Gasteiger partial charge in [-0.3, -0.25) is 92.1 Å². The van der Waals surface area contributed by atoms with E-state index in [1.165, 1.54) is 0 Å². The molecule has 9 aliphatic rings. The van der Waals surface area contributed by atoms with E-state index in [0.717, 1.165) is 0 Å². The highest BCUT2D eigenvalue weighted by atomic mass is 32.2. The van der Waals surface area contributed by atoms with Gasteiger partial charge >= 0.3 is 23.9 Å². The predicted octanol–water partition coefficient (Wildman–Crippen LogP) is -2.38. The van der Waals surface area contributed by atoms with Crippen LogP contribution in [0, 0.1) is 47.3 Å². The molecule has 0 aromatic rings. The zero-order valence-electron chi connectivity index (χ0n) is 50.3. The summed E-state index contributed by atoms with van der Waals surface area (Å²) < 4.78 is 82.1. The third-order valence-electron chi connectivity index (χ3n) is 20.1. The molecule has 92 heavy (non-hydrogen) atoms. The topological polar surface area (TPSA) is 570 Å². The van der Waals surface area contributed by atoms with Gasteiger partial charge in [0.15, 0.2) is 0 Å². The lowest BCUT2D eigenvalue weighted by atomic mass is 9.65. The Morgan fingerprint density at radius 1 is 0.446 bits per heavy atom. The summed E-state index contributed by atoms with van der Waals surface area (Å²) in [6, 6.07) is -5.42. The molecule has 42 heteroatoms. The van der Waals surface area contributed by atoms with Gasteiger partial charge < -0.3 is 30.6 Å². The molecule has 7 aliphatic carbocycles. The van der Waals surface area contributed by atoms with E-state index in [2.05, 4.69) is 94.3 Å². The van der Waals surface area contributed by atoms with Crippen molar-refractivity contribution in [3.63, 3.8) is 0 Å². The van der Waals surface area contributed by atoms with Crippen LogP contribution in [0.2, 0.25) is 0 Å². The Balaban J connectivity index is 0.830. The fourth-order valence-electron chi connectivity index (χ4n) is 15.7. The molecule has 9 rings (SSSR count). The molecule has 2 saturated heterocycles. The molecule has 0 bridgehead atoms. The van der Waals surface area contributed by atoms with Gasteiger partial charge in [0.05, 0.1) is 69.0 Å². The first-order valence-electron chi connectivity index (χ1n) is 30.9. The Bertz CT molecular complexity index is 2570. The minimum atomic E-state index is -4.60. The molecule has 0 amide bonds. The minimum Gasteiger partial charge on any atom is -0.481 e. The van der Waals surface area contributed by atoms with E-state index in [1.807, 2.05) is 0 Å². The van der Waals surface area contributed by atoms with Crippen LogP contribution in [0.25, 0.3) is 0 Å². The van der Waals surface area contributed by atoms with Crippen molar-refractivity contribution in [2.75, 3.05) is 14.1 Å². The van der Waals surface area contributed by atoms with Gasteiger partial charge in [0.2, 0.25) is 0 Å². The first-order chi connectivity index (χ1) is 43.7. The van der Waals surface area contributed by atoms with Crippen LogP contribution in [0.4, 0.5) is 0 Å². The molecule has 0 radical (unpaired) electrons. The SMILES string of the molecule is CNC1NC(NC2CCC(NC3NC(NC)NC(NC4CC(S(=O)(=O)O)CC5CC(SOOO)C(N=NC6CC(C(=O)O)CC(C(=O)O)C6)C(O)C54)N3)CC2)NC(NC2CC(S(=O)(=O)O)CC3CC(SOOO)C(N=NC4CC(C(=O)O)CC(C(=O)O)C4)C(O)C32)N1. The van der Waals surface area contributed by atoms with Crippen molar-refractivity contribution in [3.05, 3.63) is 0 Å². The Kier molecular flexibility index (Phi) is 25.8. The first kappa shape index (κ1) is 73.1. The summed E-state index contributed by atoms with van der Waals surface area (Å²) in [5.74, 6) is -11.2. The minimum absolute atomic E-state index is 0.0144. The number of carboxylic acids is 4. The van der Waals surface area contributed by atoms with E-state index >= 15 is 0 Å². The van der Waals surface area contributed by atoms with Gasteiger partial charge in [0, 0.05) is 60.1 Å². The van der Waals surface area contributed by atoms with Crippen LogP contribution in [0.1, 0.15) is 103 Å². The summed E-state index contributed by atoms with van der Waals surface area (Å²) in [5, 5.41) is 144. The van der Waals surface area contributed by atoms with Crippen LogP contribution >= 0.6 is 24.1 Å². The zero-order valence-corrected chi connectivity index (χ0v) is 53.5. The molecule has 7 saturated carbocycles. The number of rotatable bonds is 26. The summed E-state index contributed by atoms with van der Waals surface area (Å²) in [5.41, 5.74) is 0.